The van der Waals surface area contributed by atoms with Gasteiger partial charge in [0, 0.05) is 22.6 Å². The lowest BCUT2D eigenvalue weighted by atomic mass is 10.0. The first-order valence-corrected chi connectivity index (χ1v) is 8.61. The van der Waals surface area contributed by atoms with E-state index in [1.54, 1.807) is 0 Å². The van der Waals surface area contributed by atoms with Crippen molar-refractivity contribution in [3.63, 3.8) is 0 Å². The molecule has 2 N–H and O–H groups in total. The number of rotatable bonds is 7. The average Bonchev–Trinajstić information content (AvgIpc) is 2.98. The SMILES string of the molecule is CCC(N)Cc1ccc(N(Cc2cccs2)C(C)C)cc1. The molecule has 0 saturated heterocycles. The predicted octanol–water partition coefficient (Wildman–Crippen LogP) is 4.44. The maximum Gasteiger partial charge on any atom is 0.0525 e. The topological polar surface area (TPSA) is 29.3 Å². The van der Waals surface area contributed by atoms with Crippen molar-refractivity contribution in [2.45, 2.75) is 52.2 Å². The molecule has 0 aliphatic rings. The molecule has 3 heteroatoms. The normalized spacial score (nSPS) is 12.6. The molecule has 1 aromatic carbocycles. The summed E-state index contributed by atoms with van der Waals surface area (Å²) in [6.07, 6.45) is 1.99. The van der Waals surface area contributed by atoms with Gasteiger partial charge in [-0.2, -0.15) is 0 Å². The van der Waals surface area contributed by atoms with E-state index < -0.39 is 0 Å². The largest absolute Gasteiger partial charge is 0.364 e. The van der Waals surface area contributed by atoms with Crippen molar-refractivity contribution in [3.8, 4) is 0 Å². The summed E-state index contributed by atoms with van der Waals surface area (Å²) >= 11 is 1.82. The molecule has 21 heavy (non-hydrogen) atoms. The summed E-state index contributed by atoms with van der Waals surface area (Å²) in [5, 5.41) is 2.14. The van der Waals surface area contributed by atoms with Crippen LogP contribution in [0, 0.1) is 0 Å². The van der Waals surface area contributed by atoms with E-state index in [0.29, 0.717) is 6.04 Å². The number of hydrogen-bond acceptors (Lipinski definition) is 3. The van der Waals surface area contributed by atoms with Gasteiger partial charge in [0.2, 0.25) is 0 Å². The smallest absolute Gasteiger partial charge is 0.0525 e. The highest BCUT2D eigenvalue weighted by Gasteiger charge is 2.12. The van der Waals surface area contributed by atoms with Crippen molar-refractivity contribution >= 4 is 17.0 Å². The van der Waals surface area contributed by atoms with Gasteiger partial charge < -0.3 is 10.6 Å². The highest BCUT2D eigenvalue weighted by Crippen LogP contribution is 2.23. The van der Waals surface area contributed by atoms with Gasteiger partial charge >= 0.3 is 0 Å². The zero-order valence-corrected chi connectivity index (χ0v) is 14.1. The summed E-state index contributed by atoms with van der Waals surface area (Å²) in [6, 6.07) is 14.0. The fourth-order valence-electron chi connectivity index (χ4n) is 2.41. The van der Waals surface area contributed by atoms with Crippen LogP contribution < -0.4 is 10.6 Å². The molecule has 0 fully saturated rings. The molecule has 0 radical (unpaired) electrons. The van der Waals surface area contributed by atoms with E-state index in [9.17, 15) is 0 Å². The Kier molecular flexibility index (Phi) is 5.83. The molecule has 1 atom stereocenters. The molecule has 0 amide bonds. The van der Waals surface area contributed by atoms with E-state index in [0.717, 1.165) is 19.4 Å². The van der Waals surface area contributed by atoms with Crippen LogP contribution in [0.4, 0.5) is 5.69 Å². The van der Waals surface area contributed by atoms with Crippen LogP contribution in [0.1, 0.15) is 37.6 Å². The van der Waals surface area contributed by atoms with Gasteiger partial charge in [0.25, 0.3) is 0 Å². The number of benzene rings is 1. The van der Waals surface area contributed by atoms with E-state index >= 15 is 0 Å². The van der Waals surface area contributed by atoms with Gasteiger partial charge in [-0.05, 0) is 55.8 Å². The second kappa shape index (κ2) is 7.62. The predicted molar refractivity (Wildman–Crippen MR) is 94.1 cm³/mol. The minimum Gasteiger partial charge on any atom is -0.364 e. The van der Waals surface area contributed by atoms with Crippen molar-refractivity contribution in [3.05, 3.63) is 52.2 Å². The first-order valence-electron chi connectivity index (χ1n) is 7.73. The van der Waals surface area contributed by atoms with Crippen LogP contribution in [0.5, 0.6) is 0 Å². The molecule has 2 aromatic rings. The third kappa shape index (κ3) is 4.58. The van der Waals surface area contributed by atoms with E-state index in [-0.39, 0.29) is 6.04 Å². The summed E-state index contributed by atoms with van der Waals surface area (Å²) in [7, 11) is 0. The summed E-state index contributed by atoms with van der Waals surface area (Å²) in [4.78, 5) is 3.84. The molecule has 0 spiro atoms. The number of nitrogens with two attached hydrogens (primary N) is 1. The molecule has 0 aliphatic carbocycles. The number of anilines is 1. The van der Waals surface area contributed by atoms with Crippen molar-refractivity contribution in [2.24, 2.45) is 5.73 Å². The van der Waals surface area contributed by atoms with Crippen LogP contribution in [-0.4, -0.2) is 12.1 Å². The zero-order valence-electron chi connectivity index (χ0n) is 13.3. The number of nitrogens with zero attached hydrogens (tertiary/aromatic N) is 1. The lowest BCUT2D eigenvalue weighted by Crippen LogP contribution is -2.29. The Morgan fingerprint density at radius 2 is 1.86 bits per heavy atom. The summed E-state index contributed by atoms with van der Waals surface area (Å²) < 4.78 is 0. The highest BCUT2D eigenvalue weighted by molar-refractivity contribution is 7.09. The van der Waals surface area contributed by atoms with E-state index in [4.69, 9.17) is 5.73 Å². The Morgan fingerprint density at radius 3 is 2.38 bits per heavy atom. The van der Waals surface area contributed by atoms with Crippen LogP contribution >= 0.6 is 11.3 Å². The Labute approximate surface area is 132 Å². The quantitative estimate of drug-likeness (QED) is 0.819. The Bertz CT molecular complexity index is 517. The van der Waals surface area contributed by atoms with E-state index in [1.165, 1.54) is 16.1 Å². The van der Waals surface area contributed by atoms with Gasteiger partial charge in [0.15, 0.2) is 0 Å². The molecule has 0 bridgehead atoms. The first-order chi connectivity index (χ1) is 10.1. The molecular formula is C18H26N2S. The minimum absolute atomic E-state index is 0.267. The van der Waals surface area contributed by atoms with E-state index in [2.05, 4.69) is 67.4 Å². The molecule has 114 valence electrons. The molecule has 1 unspecified atom stereocenters. The third-order valence-corrected chi connectivity index (χ3v) is 4.68. The van der Waals surface area contributed by atoms with Crippen molar-refractivity contribution in [1.82, 2.24) is 0 Å². The average molecular weight is 302 g/mol. The second-order valence-electron chi connectivity index (χ2n) is 5.84. The van der Waals surface area contributed by atoms with Crippen LogP contribution in [-0.2, 0) is 13.0 Å². The van der Waals surface area contributed by atoms with Crippen molar-refractivity contribution in [1.29, 1.82) is 0 Å². The number of thiophene rings is 1. The molecule has 1 heterocycles. The standard InChI is InChI=1S/C18H26N2S/c1-4-16(19)12-15-7-9-17(10-8-15)20(14(2)3)13-18-6-5-11-21-18/h5-11,14,16H,4,12-13,19H2,1-3H3. The molecular weight excluding hydrogens is 276 g/mol. The molecule has 2 rings (SSSR count). The minimum atomic E-state index is 0.267. The Hall–Kier alpha value is -1.32. The van der Waals surface area contributed by atoms with Crippen LogP contribution in [0.3, 0.4) is 0 Å². The molecule has 0 aliphatic heterocycles. The van der Waals surface area contributed by atoms with Crippen LogP contribution in [0.25, 0.3) is 0 Å². The van der Waals surface area contributed by atoms with E-state index in [1.807, 2.05) is 11.3 Å². The van der Waals surface area contributed by atoms with Gasteiger partial charge in [-0.25, -0.2) is 0 Å². The monoisotopic (exact) mass is 302 g/mol. The van der Waals surface area contributed by atoms with Gasteiger partial charge in [0.05, 0.1) is 6.54 Å². The van der Waals surface area contributed by atoms with Crippen molar-refractivity contribution < 1.29 is 0 Å². The zero-order chi connectivity index (χ0) is 15.2. The van der Waals surface area contributed by atoms with Gasteiger partial charge in [-0.1, -0.05) is 25.1 Å². The third-order valence-electron chi connectivity index (χ3n) is 3.82. The molecule has 2 nitrogen and oxygen atoms in total. The van der Waals surface area contributed by atoms with Crippen LogP contribution in [0.15, 0.2) is 41.8 Å². The molecule has 1 aromatic heterocycles. The first kappa shape index (κ1) is 16.1. The van der Waals surface area contributed by atoms with Crippen LogP contribution in [0.2, 0.25) is 0 Å². The maximum absolute atomic E-state index is 6.03. The Balaban J connectivity index is 2.10. The fourth-order valence-corrected chi connectivity index (χ4v) is 3.12. The fraction of sp³-hybridized carbons (Fsp3) is 0.444. The van der Waals surface area contributed by atoms with Gasteiger partial charge in [0.1, 0.15) is 0 Å². The lowest BCUT2D eigenvalue weighted by Gasteiger charge is -2.29. The lowest BCUT2D eigenvalue weighted by molar-refractivity contribution is 0.646. The maximum atomic E-state index is 6.03. The summed E-state index contributed by atoms with van der Waals surface area (Å²) in [5.74, 6) is 0. The Morgan fingerprint density at radius 1 is 1.14 bits per heavy atom. The van der Waals surface area contributed by atoms with Crippen molar-refractivity contribution in [2.75, 3.05) is 4.90 Å². The van der Waals surface area contributed by atoms with Gasteiger partial charge in [-0.15, -0.1) is 11.3 Å². The summed E-state index contributed by atoms with van der Waals surface area (Å²) in [6.45, 7) is 7.60. The highest BCUT2D eigenvalue weighted by atomic mass is 32.1. The summed E-state index contributed by atoms with van der Waals surface area (Å²) in [5.41, 5.74) is 8.64. The second-order valence-corrected chi connectivity index (χ2v) is 6.87. The molecule has 0 saturated carbocycles. The van der Waals surface area contributed by atoms with Gasteiger partial charge in [-0.3, -0.25) is 0 Å². The number of hydrogen-bond donors (Lipinski definition) is 1.